The average molecular weight is 242 g/mol. The molecule has 0 atom stereocenters. The number of carboxylic acids is 1. The third-order valence-corrected chi connectivity index (χ3v) is 2.76. The maximum Gasteiger partial charge on any atom is 0.328 e. The van der Waals surface area contributed by atoms with Gasteiger partial charge >= 0.3 is 5.97 Å². The molecule has 0 aliphatic rings. The number of carbonyl (C=O) groups is 1. The quantitative estimate of drug-likeness (QED) is 0.587. The van der Waals surface area contributed by atoms with Crippen LogP contribution >= 0.6 is 11.3 Å². The highest BCUT2D eigenvalue weighted by molar-refractivity contribution is 7.10. The zero-order chi connectivity index (χ0) is 11.8. The normalized spacial score (nSPS) is 11.1. The lowest BCUT2D eigenvalue weighted by Gasteiger charge is -2.02. The van der Waals surface area contributed by atoms with Crippen molar-refractivity contribution in [3.8, 4) is 0 Å². The monoisotopic (exact) mass is 242 g/mol. The summed E-state index contributed by atoms with van der Waals surface area (Å²) in [6, 6.07) is 1.87. The Morgan fingerprint density at radius 1 is 1.56 bits per heavy atom. The van der Waals surface area contributed by atoms with Gasteiger partial charge in [-0.15, -0.1) is 11.3 Å². The van der Waals surface area contributed by atoms with Gasteiger partial charge in [0.05, 0.1) is 19.8 Å². The number of rotatable bonds is 7. The summed E-state index contributed by atoms with van der Waals surface area (Å²) >= 11 is 1.55. The van der Waals surface area contributed by atoms with E-state index in [9.17, 15) is 4.79 Å². The van der Waals surface area contributed by atoms with E-state index in [-0.39, 0.29) is 0 Å². The summed E-state index contributed by atoms with van der Waals surface area (Å²) in [6.45, 7) is 1.59. The minimum absolute atomic E-state index is 0.486. The number of hydrogen-bond donors (Lipinski definition) is 1. The smallest absolute Gasteiger partial charge is 0.328 e. The van der Waals surface area contributed by atoms with Crippen LogP contribution in [0.15, 0.2) is 17.5 Å². The fourth-order valence-electron chi connectivity index (χ4n) is 1.08. The van der Waals surface area contributed by atoms with E-state index in [1.807, 2.05) is 11.4 Å². The maximum atomic E-state index is 10.4. The molecule has 1 aromatic rings. The Kier molecular flexibility index (Phi) is 5.77. The number of carboxylic acid groups (broad SMARTS) is 1. The highest BCUT2D eigenvalue weighted by Gasteiger charge is 2.01. The molecule has 0 saturated heterocycles. The lowest BCUT2D eigenvalue weighted by atomic mass is 10.2. The summed E-state index contributed by atoms with van der Waals surface area (Å²) in [5.41, 5.74) is 0.893. The van der Waals surface area contributed by atoms with Crippen molar-refractivity contribution in [1.29, 1.82) is 0 Å². The molecular weight excluding hydrogens is 228 g/mol. The van der Waals surface area contributed by atoms with Crippen LogP contribution in [-0.2, 0) is 20.9 Å². The first-order valence-corrected chi connectivity index (χ1v) is 5.66. The zero-order valence-electron chi connectivity index (χ0n) is 9.01. The molecule has 16 heavy (non-hydrogen) atoms. The first-order valence-electron chi connectivity index (χ1n) is 4.78. The molecule has 0 spiro atoms. The topological polar surface area (TPSA) is 55.8 Å². The predicted molar refractivity (Wildman–Crippen MR) is 62.5 cm³/mol. The molecule has 0 saturated carbocycles. The number of hydrogen-bond acceptors (Lipinski definition) is 4. The van der Waals surface area contributed by atoms with Gasteiger partial charge in [-0.05, 0) is 23.1 Å². The van der Waals surface area contributed by atoms with Crippen LogP contribution in [0.3, 0.4) is 0 Å². The van der Waals surface area contributed by atoms with Gasteiger partial charge in [-0.2, -0.15) is 0 Å². The molecule has 1 heterocycles. The van der Waals surface area contributed by atoms with E-state index >= 15 is 0 Å². The second-order valence-electron chi connectivity index (χ2n) is 3.02. The molecule has 0 aliphatic heterocycles. The molecule has 5 heteroatoms. The molecule has 0 fully saturated rings. The second-order valence-corrected chi connectivity index (χ2v) is 4.02. The fourth-order valence-corrected chi connectivity index (χ4v) is 1.89. The van der Waals surface area contributed by atoms with E-state index in [0.717, 1.165) is 16.5 Å². The molecule has 0 bridgehead atoms. The van der Waals surface area contributed by atoms with Crippen LogP contribution in [-0.4, -0.2) is 31.4 Å². The summed E-state index contributed by atoms with van der Waals surface area (Å²) < 4.78 is 10.2. The van der Waals surface area contributed by atoms with Crippen LogP contribution in [0.1, 0.15) is 10.4 Å². The Morgan fingerprint density at radius 2 is 2.38 bits per heavy atom. The Morgan fingerprint density at radius 3 is 3.06 bits per heavy atom. The van der Waals surface area contributed by atoms with E-state index in [1.54, 1.807) is 24.5 Å². The van der Waals surface area contributed by atoms with Crippen molar-refractivity contribution in [2.24, 2.45) is 0 Å². The second kappa shape index (κ2) is 7.16. The van der Waals surface area contributed by atoms with Crippen LogP contribution in [0.5, 0.6) is 0 Å². The summed E-state index contributed by atoms with van der Waals surface area (Å²) in [7, 11) is 1.62. The summed E-state index contributed by atoms with van der Waals surface area (Å²) in [5, 5.41) is 10.4. The first-order chi connectivity index (χ1) is 7.74. The van der Waals surface area contributed by atoms with Crippen LogP contribution in [0.4, 0.5) is 0 Å². The predicted octanol–water partition coefficient (Wildman–Crippen LogP) is 2.01. The number of aliphatic carboxylic acids is 1. The molecule has 0 aromatic carbocycles. The molecule has 1 rings (SSSR count). The standard InChI is InChI=1S/C11H14O4S/c1-14-5-6-15-8-10-9(4-7-16-10)2-3-11(12)13/h2-4,7H,5-6,8H2,1H3,(H,12,13). The first kappa shape index (κ1) is 12.9. The maximum absolute atomic E-state index is 10.4. The van der Waals surface area contributed by atoms with E-state index < -0.39 is 5.97 Å². The molecule has 4 nitrogen and oxygen atoms in total. The van der Waals surface area contributed by atoms with Crippen molar-refractivity contribution in [2.45, 2.75) is 6.61 Å². The molecule has 1 aromatic heterocycles. The third kappa shape index (κ3) is 4.57. The molecule has 0 radical (unpaired) electrons. The van der Waals surface area contributed by atoms with Crippen molar-refractivity contribution in [3.63, 3.8) is 0 Å². The SMILES string of the molecule is COCCOCc1sccc1C=CC(=O)O. The largest absolute Gasteiger partial charge is 0.478 e. The van der Waals surface area contributed by atoms with Gasteiger partial charge in [-0.1, -0.05) is 0 Å². The summed E-state index contributed by atoms with van der Waals surface area (Å²) in [4.78, 5) is 11.4. The lowest BCUT2D eigenvalue weighted by Crippen LogP contribution is -2.01. The van der Waals surface area contributed by atoms with Crippen LogP contribution in [0.25, 0.3) is 6.08 Å². The lowest BCUT2D eigenvalue weighted by molar-refractivity contribution is -0.131. The van der Waals surface area contributed by atoms with Gasteiger partial charge in [-0.3, -0.25) is 0 Å². The van der Waals surface area contributed by atoms with Gasteiger partial charge in [0.15, 0.2) is 0 Å². The number of ether oxygens (including phenoxy) is 2. The Balaban J connectivity index is 2.47. The van der Waals surface area contributed by atoms with E-state index in [4.69, 9.17) is 14.6 Å². The Labute approximate surface area is 98.1 Å². The highest BCUT2D eigenvalue weighted by Crippen LogP contribution is 2.19. The Bertz CT molecular complexity index is 357. The van der Waals surface area contributed by atoms with Crippen LogP contribution in [0.2, 0.25) is 0 Å². The molecular formula is C11H14O4S. The van der Waals surface area contributed by atoms with E-state index in [2.05, 4.69) is 0 Å². The van der Waals surface area contributed by atoms with Gasteiger partial charge < -0.3 is 14.6 Å². The van der Waals surface area contributed by atoms with Gasteiger partial charge in [0, 0.05) is 18.1 Å². The third-order valence-electron chi connectivity index (χ3n) is 1.85. The van der Waals surface area contributed by atoms with Gasteiger partial charge in [-0.25, -0.2) is 4.79 Å². The molecule has 0 unspecified atom stereocenters. The van der Waals surface area contributed by atoms with Crippen molar-refractivity contribution < 1.29 is 19.4 Å². The minimum Gasteiger partial charge on any atom is -0.478 e. The zero-order valence-corrected chi connectivity index (χ0v) is 9.83. The van der Waals surface area contributed by atoms with Gasteiger partial charge in [0.2, 0.25) is 0 Å². The molecule has 0 amide bonds. The minimum atomic E-state index is -0.947. The van der Waals surface area contributed by atoms with E-state index in [0.29, 0.717) is 19.8 Å². The van der Waals surface area contributed by atoms with Gasteiger partial charge in [0.1, 0.15) is 0 Å². The van der Waals surface area contributed by atoms with Gasteiger partial charge in [0.25, 0.3) is 0 Å². The average Bonchev–Trinajstić information content (AvgIpc) is 2.69. The van der Waals surface area contributed by atoms with Crippen LogP contribution < -0.4 is 0 Å². The van der Waals surface area contributed by atoms with Crippen molar-refractivity contribution in [2.75, 3.05) is 20.3 Å². The highest BCUT2D eigenvalue weighted by atomic mass is 32.1. The number of thiophene rings is 1. The number of methoxy groups -OCH3 is 1. The van der Waals surface area contributed by atoms with Crippen molar-refractivity contribution in [3.05, 3.63) is 28.0 Å². The van der Waals surface area contributed by atoms with Crippen molar-refractivity contribution in [1.82, 2.24) is 0 Å². The van der Waals surface area contributed by atoms with Crippen LogP contribution in [0, 0.1) is 0 Å². The summed E-state index contributed by atoms with van der Waals surface area (Å²) in [5.74, 6) is -0.947. The van der Waals surface area contributed by atoms with E-state index in [1.165, 1.54) is 0 Å². The van der Waals surface area contributed by atoms with Crippen molar-refractivity contribution >= 4 is 23.4 Å². The Hall–Kier alpha value is -1.17. The summed E-state index contributed by atoms with van der Waals surface area (Å²) in [6.07, 6.45) is 2.70. The molecule has 0 aliphatic carbocycles. The molecule has 1 N–H and O–H groups in total. The fraction of sp³-hybridized carbons (Fsp3) is 0.364. The molecule has 88 valence electrons.